The average Bonchev–Trinajstić information content (AvgIpc) is 2.26. The first kappa shape index (κ1) is 11.8. The van der Waals surface area contributed by atoms with Crippen LogP contribution in [-0.2, 0) is 4.74 Å². The first-order valence-corrected chi connectivity index (χ1v) is 4.05. The zero-order valence-electron chi connectivity index (χ0n) is 8.08. The molecule has 0 atom stereocenters. The number of halogens is 2. The van der Waals surface area contributed by atoms with Crippen LogP contribution in [0, 0.1) is 11.3 Å². The summed E-state index contributed by atoms with van der Waals surface area (Å²) in [7, 11) is 1.02. The Kier molecular flexibility index (Phi) is 3.35. The number of ether oxygens (including phenoxy) is 1. The largest absolute Gasteiger partial charge is 0.465 e. The van der Waals surface area contributed by atoms with Crippen LogP contribution in [0.3, 0.4) is 0 Å². The molecule has 1 aromatic heterocycles. The zero-order valence-corrected chi connectivity index (χ0v) is 8.08. The second-order valence-electron chi connectivity index (χ2n) is 2.72. The van der Waals surface area contributed by atoms with E-state index in [1.165, 1.54) is 6.07 Å². The molecule has 0 amide bonds. The van der Waals surface area contributed by atoms with Gasteiger partial charge in [0.15, 0.2) is 0 Å². The van der Waals surface area contributed by atoms with E-state index in [0.717, 1.165) is 13.3 Å². The second kappa shape index (κ2) is 4.53. The molecule has 0 bridgehead atoms. The lowest BCUT2D eigenvalue weighted by Gasteiger charge is -2.04. The van der Waals surface area contributed by atoms with Crippen molar-refractivity contribution in [3.05, 3.63) is 33.2 Å². The van der Waals surface area contributed by atoms with E-state index in [0.29, 0.717) is 0 Å². The third kappa shape index (κ3) is 1.91. The summed E-state index contributed by atoms with van der Waals surface area (Å²) in [5.41, 5.74) is -3.34. The van der Waals surface area contributed by atoms with Crippen LogP contribution in [0.25, 0.3) is 0 Å². The summed E-state index contributed by atoms with van der Waals surface area (Å²) < 4.78 is 29.2. The number of esters is 1. The van der Waals surface area contributed by atoms with Crippen LogP contribution < -0.4 is 5.43 Å². The molecule has 1 heterocycles. The molecule has 0 aliphatic carbocycles. The Morgan fingerprint density at radius 3 is 2.69 bits per heavy atom. The van der Waals surface area contributed by atoms with Crippen molar-refractivity contribution in [1.29, 1.82) is 5.26 Å². The number of alkyl halides is 2. The molecule has 84 valence electrons. The van der Waals surface area contributed by atoms with Gasteiger partial charge in [-0.3, -0.25) is 4.79 Å². The van der Waals surface area contributed by atoms with E-state index >= 15 is 0 Å². The van der Waals surface area contributed by atoms with Gasteiger partial charge in [-0.15, -0.1) is 0 Å². The van der Waals surface area contributed by atoms with E-state index < -0.39 is 34.6 Å². The Morgan fingerprint density at radius 2 is 2.25 bits per heavy atom. The fourth-order valence-corrected chi connectivity index (χ4v) is 1.11. The van der Waals surface area contributed by atoms with Crippen LogP contribution >= 0.6 is 0 Å². The number of H-pyrrole nitrogens is 1. The monoisotopic (exact) mass is 228 g/mol. The van der Waals surface area contributed by atoms with Crippen molar-refractivity contribution in [2.75, 3.05) is 7.11 Å². The lowest BCUT2D eigenvalue weighted by Crippen LogP contribution is -2.22. The molecule has 0 aliphatic heterocycles. The maximum absolute atomic E-state index is 12.5. The minimum Gasteiger partial charge on any atom is -0.465 e. The summed E-state index contributed by atoms with van der Waals surface area (Å²) in [6.07, 6.45) is -2.26. The SMILES string of the molecule is COC(=O)c1c[nH]c(C#N)c(C(F)F)c1=O. The van der Waals surface area contributed by atoms with Gasteiger partial charge in [0.05, 0.1) is 7.11 Å². The highest BCUT2D eigenvalue weighted by Gasteiger charge is 2.23. The number of pyridine rings is 1. The van der Waals surface area contributed by atoms with Crippen molar-refractivity contribution in [3.63, 3.8) is 0 Å². The number of nitrogens with zero attached hydrogens (tertiary/aromatic N) is 1. The van der Waals surface area contributed by atoms with Crippen LogP contribution in [0.15, 0.2) is 11.0 Å². The molecular formula is C9H6F2N2O3. The summed E-state index contributed by atoms with van der Waals surface area (Å²) >= 11 is 0. The molecule has 16 heavy (non-hydrogen) atoms. The normalized spacial score (nSPS) is 9.94. The van der Waals surface area contributed by atoms with Gasteiger partial charge in [0.2, 0.25) is 5.43 Å². The second-order valence-corrected chi connectivity index (χ2v) is 2.72. The zero-order chi connectivity index (χ0) is 12.3. The number of carbonyl (C=O) groups is 1. The van der Waals surface area contributed by atoms with E-state index in [2.05, 4.69) is 9.72 Å². The standard InChI is InChI=1S/C9H6F2N2O3/c1-16-9(15)4-3-13-5(2-12)6(7(4)14)8(10)11/h3,8H,1H3,(H,13,14). The van der Waals surface area contributed by atoms with Gasteiger partial charge >= 0.3 is 5.97 Å². The Bertz CT molecular complexity index is 516. The van der Waals surface area contributed by atoms with Gasteiger partial charge in [-0.2, -0.15) is 5.26 Å². The minimum atomic E-state index is -3.14. The topological polar surface area (TPSA) is 82.9 Å². The number of hydrogen-bond acceptors (Lipinski definition) is 4. The lowest BCUT2D eigenvalue weighted by atomic mass is 10.1. The summed E-state index contributed by atoms with van der Waals surface area (Å²) in [6, 6.07) is 1.41. The van der Waals surface area contributed by atoms with E-state index in [-0.39, 0.29) is 0 Å². The van der Waals surface area contributed by atoms with Crippen molar-refractivity contribution in [1.82, 2.24) is 4.98 Å². The van der Waals surface area contributed by atoms with Crippen LogP contribution in [-0.4, -0.2) is 18.1 Å². The van der Waals surface area contributed by atoms with E-state index in [1.54, 1.807) is 0 Å². The molecule has 5 nitrogen and oxygen atoms in total. The molecule has 0 aromatic carbocycles. The summed E-state index contributed by atoms with van der Waals surface area (Å²) in [4.78, 5) is 24.6. The average molecular weight is 228 g/mol. The Labute approximate surface area is 88.3 Å². The molecule has 0 radical (unpaired) electrons. The number of nitrogens with one attached hydrogen (secondary N) is 1. The smallest absolute Gasteiger partial charge is 0.343 e. The van der Waals surface area contributed by atoms with Crippen LogP contribution in [0.1, 0.15) is 28.0 Å². The fraction of sp³-hybridized carbons (Fsp3) is 0.222. The number of carbonyl (C=O) groups excluding carboxylic acids is 1. The molecule has 0 spiro atoms. The maximum Gasteiger partial charge on any atom is 0.343 e. The van der Waals surface area contributed by atoms with Gasteiger partial charge in [0, 0.05) is 6.20 Å². The summed E-state index contributed by atoms with van der Waals surface area (Å²) in [5, 5.41) is 8.51. The van der Waals surface area contributed by atoms with Gasteiger partial charge in [0.1, 0.15) is 22.9 Å². The van der Waals surface area contributed by atoms with Gasteiger partial charge in [0.25, 0.3) is 6.43 Å². The molecule has 1 aromatic rings. The summed E-state index contributed by atoms with van der Waals surface area (Å²) in [6.45, 7) is 0. The Hall–Kier alpha value is -2.23. The highest BCUT2D eigenvalue weighted by Crippen LogP contribution is 2.17. The number of nitriles is 1. The van der Waals surface area contributed by atoms with Crippen molar-refractivity contribution in [3.8, 4) is 6.07 Å². The lowest BCUT2D eigenvalue weighted by molar-refractivity contribution is 0.0598. The number of rotatable bonds is 2. The third-order valence-electron chi connectivity index (χ3n) is 1.85. The van der Waals surface area contributed by atoms with E-state index in [9.17, 15) is 18.4 Å². The van der Waals surface area contributed by atoms with Gasteiger partial charge in [-0.25, -0.2) is 13.6 Å². The minimum absolute atomic E-state index is 0.559. The van der Waals surface area contributed by atoms with Crippen LogP contribution in [0.4, 0.5) is 8.78 Å². The van der Waals surface area contributed by atoms with Crippen LogP contribution in [0.2, 0.25) is 0 Å². The number of hydrogen-bond donors (Lipinski definition) is 1. The van der Waals surface area contributed by atoms with Crippen molar-refractivity contribution in [2.24, 2.45) is 0 Å². The first-order valence-electron chi connectivity index (χ1n) is 4.05. The van der Waals surface area contributed by atoms with Crippen molar-refractivity contribution >= 4 is 5.97 Å². The van der Waals surface area contributed by atoms with Crippen molar-refractivity contribution in [2.45, 2.75) is 6.43 Å². The van der Waals surface area contributed by atoms with Crippen LogP contribution in [0.5, 0.6) is 0 Å². The van der Waals surface area contributed by atoms with Crippen molar-refractivity contribution < 1.29 is 18.3 Å². The predicted octanol–water partition coefficient (Wildman–Crippen LogP) is 0.971. The molecule has 0 saturated heterocycles. The molecule has 0 saturated carbocycles. The number of methoxy groups -OCH3 is 1. The molecule has 1 rings (SSSR count). The molecule has 7 heteroatoms. The molecule has 1 N–H and O–H groups in total. The summed E-state index contributed by atoms with van der Waals surface area (Å²) in [5.74, 6) is -1.03. The molecule has 0 aliphatic rings. The van der Waals surface area contributed by atoms with Gasteiger partial charge in [-0.05, 0) is 0 Å². The quantitative estimate of drug-likeness (QED) is 0.764. The Morgan fingerprint density at radius 1 is 1.62 bits per heavy atom. The first-order chi connectivity index (χ1) is 7.52. The van der Waals surface area contributed by atoms with E-state index in [4.69, 9.17) is 5.26 Å². The molecule has 0 fully saturated rings. The number of aromatic nitrogens is 1. The van der Waals surface area contributed by atoms with Gasteiger partial charge < -0.3 is 9.72 Å². The predicted molar refractivity (Wildman–Crippen MR) is 48.1 cm³/mol. The maximum atomic E-state index is 12.5. The molecular weight excluding hydrogens is 222 g/mol. The fourth-order valence-electron chi connectivity index (χ4n) is 1.11. The Balaban J connectivity index is 3.52. The van der Waals surface area contributed by atoms with Gasteiger partial charge in [-0.1, -0.05) is 0 Å². The highest BCUT2D eigenvalue weighted by atomic mass is 19.3. The number of aromatic amines is 1. The molecule has 0 unspecified atom stereocenters. The third-order valence-corrected chi connectivity index (χ3v) is 1.85. The van der Waals surface area contributed by atoms with E-state index in [1.807, 2.05) is 0 Å². The highest BCUT2D eigenvalue weighted by molar-refractivity contribution is 5.89.